The highest BCUT2D eigenvalue weighted by atomic mass is 15.1. The molecule has 2 heteroatoms. The van der Waals surface area contributed by atoms with Crippen LogP contribution in [0.3, 0.4) is 0 Å². The van der Waals surface area contributed by atoms with E-state index in [-0.39, 0.29) is 0 Å². The minimum Gasteiger partial charge on any atom is -0.367 e. The molecule has 2 N–H and O–H groups in total. The molecule has 0 aliphatic rings. The van der Waals surface area contributed by atoms with E-state index in [0.29, 0.717) is 0 Å². The third kappa shape index (κ3) is 3.61. The Morgan fingerprint density at radius 2 is 1.55 bits per heavy atom. The monoisotopic (exact) mass is 268 g/mol. The van der Waals surface area contributed by atoms with Gasteiger partial charge in [-0.2, -0.15) is 0 Å². The summed E-state index contributed by atoms with van der Waals surface area (Å²) in [6.45, 7) is 7.01. The number of aryl methyl sites for hydroxylation is 2. The number of nitrogens with zero attached hydrogens (tertiary/aromatic N) is 1. The first-order valence-corrected chi connectivity index (χ1v) is 7.27. The van der Waals surface area contributed by atoms with Gasteiger partial charge in [-0.05, 0) is 49.6 Å². The van der Waals surface area contributed by atoms with E-state index in [1.807, 2.05) is 0 Å². The van der Waals surface area contributed by atoms with Gasteiger partial charge in [0.25, 0.3) is 0 Å². The first-order chi connectivity index (χ1) is 9.72. The SMILES string of the molecule is Cc1ccccc1CN(CCCN)c1ccccc1C. The van der Waals surface area contributed by atoms with Gasteiger partial charge in [0.05, 0.1) is 0 Å². The summed E-state index contributed by atoms with van der Waals surface area (Å²) in [4.78, 5) is 2.44. The lowest BCUT2D eigenvalue weighted by molar-refractivity contribution is 0.732. The van der Waals surface area contributed by atoms with Crippen LogP contribution in [0.2, 0.25) is 0 Å². The van der Waals surface area contributed by atoms with E-state index in [4.69, 9.17) is 5.73 Å². The van der Waals surface area contributed by atoms with Crippen molar-refractivity contribution in [3.05, 3.63) is 65.2 Å². The standard InChI is InChI=1S/C18H24N2/c1-15-8-3-5-10-17(15)14-20(13-7-12-19)18-11-6-4-9-16(18)2/h3-6,8-11H,7,12-14,19H2,1-2H3. The van der Waals surface area contributed by atoms with Crippen molar-refractivity contribution in [2.24, 2.45) is 5.73 Å². The van der Waals surface area contributed by atoms with Crippen molar-refractivity contribution in [3.63, 3.8) is 0 Å². The molecule has 20 heavy (non-hydrogen) atoms. The van der Waals surface area contributed by atoms with E-state index in [0.717, 1.165) is 26.1 Å². The van der Waals surface area contributed by atoms with Crippen molar-refractivity contribution >= 4 is 5.69 Å². The maximum Gasteiger partial charge on any atom is 0.0432 e. The average Bonchev–Trinajstić information content (AvgIpc) is 2.46. The van der Waals surface area contributed by atoms with E-state index >= 15 is 0 Å². The van der Waals surface area contributed by atoms with Crippen molar-refractivity contribution in [2.45, 2.75) is 26.8 Å². The Morgan fingerprint density at radius 1 is 0.900 bits per heavy atom. The van der Waals surface area contributed by atoms with Gasteiger partial charge in [0.15, 0.2) is 0 Å². The molecule has 0 aliphatic carbocycles. The van der Waals surface area contributed by atoms with Crippen LogP contribution in [0, 0.1) is 13.8 Å². The number of nitrogens with two attached hydrogens (primary N) is 1. The number of anilines is 1. The highest BCUT2D eigenvalue weighted by Crippen LogP contribution is 2.22. The second-order valence-electron chi connectivity index (χ2n) is 5.28. The van der Waals surface area contributed by atoms with Gasteiger partial charge < -0.3 is 10.6 Å². The first kappa shape index (κ1) is 14.6. The van der Waals surface area contributed by atoms with E-state index in [2.05, 4.69) is 67.3 Å². The summed E-state index contributed by atoms with van der Waals surface area (Å²) < 4.78 is 0. The Morgan fingerprint density at radius 3 is 2.20 bits per heavy atom. The topological polar surface area (TPSA) is 29.3 Å². The van der Waals surface area contributed by atoms with Gasteiger partial charge in [0.1, 0.15) is 0 Å². The fraction of sp³-hybridized carbons (Fsp3) is 0.333. The van der Waals surface area contributed by atoms with Crippen molar-refractivity contribution in [3.8, 4) is 0 Å². The summed E-state index contributed by atoms with van der Waals surface area (Å²) in [6, 6.07) is 17.2. The normalized spacial score (nSPS) is 10.6. The summed E-state index contributed by atoms with van der Waals surface area (Å²) in [6.07, 6.45) is 1.01. The fourth-order valence-corrected chi connectivity index (χ4v) is 2.48. The van der Waals surface area contributed by atoms with Crippen LogP contribution in [0.1, 0.15) is 23.1 Å². The molecule has 0 spiro atoms. The van der Waals surface area contributed by atoms with Crippen LogP contribution in [0.4, 0.5) is 5.69 Å². The largest absolute Gasteiger partial charge is 0.367 e. The Bertz CT molecular complexity index is 549. The Balaban J connectivity index is 2.24. The van der Waals surface area contributed by atoms with Crippen molar-refractivity contribution < 1.29 is 0 Å². The maximum absolute atomic E-state index is 5.69. The third-order valence-corrected chi connectivity index (χ3v) is 3.71. The Labute approximate surface area is 122 Å². The number of hydrogen-bond donors (Lipinski definition) is 1. The molecule has 0 radical (unpaired) electrons. The molecule has 2 aromatic carbocycles. The molecular weight excluding hydrogens is 244 g/mol. The van der Waals surface area contributed by atoms with Gasteiger partial charge in [-0.3, -0.25) is 0 Å². The molecule has 0 bridgehead atoms. The zero-order chi connectivity index (χ0) is 14.4. The summed E-state index contributed by atoms with van der Waals surface area (Å²) >= 11 is 0. The summed E-state index contributed by atoms with van der Waals surface area (Å²) in [5.74, 6) is 0. The molecule has 0 saturated carbocycles. The van der Waals surface area contributed by atoms with E-state index in [9.17, 15) is 0 Å². The van der Waals surface area contributed by atoms with Gasteiger partial charge in [-0.15, -0.1) is 0 Å². The molecule has 0 unspecified atom stereocenters. The molecule has 0 aromatic heterocycles. The van der Waals surface area contributed by atoms with Gasteiger partial charge in [-0.25, -0.2) is 0 Å². The first-order valence-electron chi connectivity index (χ1n) is 7.27. The summed E-state index contributed by atoms with van der Waals surface area (Å²) in [5, 5.41) is 0. The molecule has 0 fully saturated rings. The van der Waals surface area contributed by atoms with Gasteiger partial charge in [-0.1, -0.05) is 42.5 Å². The second kappa shape index (κ2) is 7.11. The molecule has 0 heterocycles. The van der Waals surface area contributed by atoms with Gasteiger partial charge >= 0.3 is 0 Å². The Kier molecular flexibility index (Phi) is 5.19. The fourth-order valence-electron chi connectivity index (χ4n) is 2.48. The minimum atomic E-state index is 0.732. The lowest BCUT2D eigenvalue weighted by Gasteiger charge is -2.27. The van der Waals surface area contributed by atoms with Gasteiger partial charge in [0.2, 0.25) is 0 Å². The average molecular weight is 268 g/mol. The third-order valence-electron chi connectivity index (χ3n) is 3.71. The predicted molar refractivity (Wildman–Crippen MR) is 87.1 cm³/mol. The van der Waals surface area contributed by atoms with Crippen LogP contribution < -0.4 is 10.6 Å². The number of benzene rings is 2. The molecule has 2 rings (SSSR count). The lowest BCUT2D eigenvalue weighted by Crippen LogP contribution is -2.26. The number of rotatable bonds is 6. The van der Waals surface area contributed by atoms with Crippen LogP contribution in [0.5, 0.6) is 0 Å². The lowest BCUT2D eigenvalue weighted by atomic mass is 10.1. The smallest absolute Gasteiger partial charge is 0.0432 e. The summed E-state index contributed by atoms with van der Waals surface area (Å²) in [5.41, 5.74) is 11.0. The number of hydrogen-bond acceptors (Lipinski definition) is 2. The molecule has 106 valence electrons. The Hall–Kier alpha value is -1.80. The highest BCUT2D eigenvalue weighted by molar-refractivity contribution is 5.53. The minimum absolute atomic E-state index is 0.732. The quantitative estimate of drug-likeness (QED) is 0.866. The maximum atomic E-state index is 5.69. The van der Waals surface area contributed by atoms with Gasteiger partial charge in [0, 0.05) is 18.8 Å². The van der Waals surface area contributed by atoms with Crippen LogP contribution in [0.15, 0.2) is 48.5 Å². The molecule has 0 amide bonds. The van der Waals surface area contributed by atoms with Crippen LogP contribution in [-0.2, 0) is 6.54 Å². The molecule has 0 aliphatic heterocycles. The van der Waals surface area contributed by atoms with Crippen LogP contribution >= 0.6 is 0 Å². The highest BCUT2D eigenvalue weighted by Gasteiger charge is 2.10. The van der Waals surface area contributed by atoms with Crippen LogP contribution in [-0.4, -0.2) is 13.1 Å². The zero-order valence-electron chi connectivity index (χ0n) is 12.5. The van der Waals surface area contributed by atoms with Crippen molar-refractivity contribution in [1.29, 1.82) is 0 Å². The predicted octanol–water partition coefficient (Wildman–Crippen LogP) is 3.66. The molecule has 0 atom stereocenters. The molecule has 2 nitrogen and oxygen atoms in total. The van der Waals surface area contributed by atoms with E-state index in [1.165, 1.54) is 22.4 Å². The number of para-hydroxylation sites is 1. The summed E-state index contributed by atoms with van der Waals surface area (Å²) in [7, 11) is 0. The second-order valence-corrected chi connectivity index (χ2v) is 5.28. The van der Waals surface area contributed by atoms with Crippen molar-refractivity contribution in [2.75, 3.05) is 18.0 Å². The van der Waals surface area contributed by atoms with Crippen molar-refractivity contribution in [1.82, 2.24) is 0 Å². The zero-order valence-corrected chi connectivity index (χ0v) is 12.5. The van der Waals surface area contributed by atoms with E-state index in [1.54, 1.807) is 0 Å². The van der Waals surface area contributed by atoms with Crippen LogP contribution in [0.25, 0.3) is 0 Å². The molecular formula is C18H24N2. The van der Waals surface area contributed by atoms with E-state index < -0.39 is 0 Å². The molecule has 2 aromatic rings. The molecule has 0 saturated heterocycles.